The Balaban J connectivity index is 1.81. The van der Waals surface area contributed by atoms with Crippen molar-refractivity contribution in [1.82, 2.24) is 30.0 Å². The Hall–Kier alpha value is -1.54. The Morgan fingerprint density at radius 1 is 1.39 bits per heavy atom. The quantitative estimate of drug-likeness (QED) is 0.722. The topological polar surface area (TPSA) is 87.4 Å². The van der Waals surface area contributed by atoms with E-state index in [4.69, 9.17) is 5.11 Å². The molecule has 0 saturated carbocycles. The first-order valence-electron chi connectivity index (χ1n) is 5.98. The Labute approximate surface area is 105 Å². The third-order valence-corrected chi connectivity index (χ3v) is 3.23. The molecule has 1 aromatic rings. The molecule has 1 aromatic heterocycles. The minimum atomic E-state index is -0.765. The first kappa shape index (κ1) is 12.9. The van der Waals surface area contributed by atoms with Gasteiger partial charge in [0, 0.05) is 26.2 Å². The fourth-order valence-corrected chi connectivity index (χ4v) is 2.05. The molecule has 1 aliphatic rings. The van der Waals surface area contributed by atoms with Crippen LogP contribution in [0.15, 0.2) is 0 Å². The third kappa shape index (κ3) is 3.02. The average Bonchev–Trinajstić information content (AvgIpc) is 2.75. The molecule has 8 nitrogen and oxygen atoms in total. The summed E-state index contributed by atoms with van der Waals surface area (Å²) in [4.78, 5) is 16.5. The van der Waals surface area contributed by atoms with Gasteiger partial charge in [0.05, 0.1) is 13.6 Å². The van der Waals surface area contributed by atoms with Crippen LogP contribution in [-0.2, 0) is 18.4 Å². The SMILES string of the molecule is CC(C(=O)O)N1CCN(Cc2nnn(C)n2)CC1. The van der Waals surface area contributed by atoms with E-state index in [1.54, 1.807) is 14.0 Å². The normalized spacial score (nSPS) is 19.9. The van der Waals surface area contributed by atoms with Gasteiger partial charge in [-0.1, -0.05) is 0 Å². The number of piperazine rings is 1. The number of carbonyl (C=O) groups is 1. The summed E-state index contributed by atoms with van der Waals surface area (Å²) in [7, 11) is 1.74. The molecule has 0 aromatic carbocycles. The van der Waals surface area contributed by atoms with Gasteiger partial charge in [-0.15, -0.1) is 10.2 Å². The molecule has 1 atom stereocenters. The maximum atomic E-state index is 10.9. The number of aliphatic carboxylic acids is 1. The molecule has 0 amide bonds. The van der Waals surface area contributed by atoms with Gasteiger partial charge >= 0.3 is 5.97 Å². The molecule has 0 spiro atoms. The molecule has 2 rings (SSSR count). The number of hydrogen-bond acceptors (Lipinski definition) is 6. The van der Waals surface area contributed by atoms with Crippen molar-refractivity contribution in [2.75, 3.05) is 26.2 Å². The van der Waals surface area contributed by atoms with E-state index in [0.717, 1.165) is 26.2 Å². The molecule has 1 N–H and O–H groups in total. The highest BCUT2D eigenvalue weighted by atomic mass is 16.4. The van der Waals surface area contributed by atoms with Crippen molar-refractivity contribution in [3.05, 3.63) is 5.82 Å². The van der Waals surface area contributed by atoms with Gasteiger partial charge in [0.15, 0.2) is 5.82 Å². The molecule has 8 heteroatoms. The Morgan fingerprint density at radius 3 is 2.56 bits per heavy atom. The van der Waals surface area contributed by atoms with Gasteiger partial charge in [-0.05, 0) is 12.1 Å². The minimum absolute atomic E-state index is 0.415. The van der Waals surface area contributed by atoms with Crippen LogP contribution in [0.2, 0.25) is 0 Å². The predicted octanol–water partition coefficient (Wildman–Crippen LogP) is -1.20. The number of hydrogen-bond donors (Lipinski definition) is 1. The van der Waals surface area contributed by atoms with E-state index in [1.807, 2.05) is 4.90 Å². The molecule has 18 heavy (non-hydrogen) atoms. The van der Waals surface area contributed by atoms with Crippen molar-refractivity contribution >= 4 is 5.97 Å². The number of aryl methyl sites for hydroxylation is 1. The maximum Gasteiger partial charge on any atom is 0.320 e. The second-order valence-corrected chi connectivity index (χ2v) is 4.52. The summed E-state index contributed by atoms with van der Waals surface area (Å²) in [6.45, 7) is 5.57. The van der Waals surface area contributed by atoms with Crippen LogP contribution in [0.25, 0.3) is 0 Å². The molecule has 0 bridgehead atoms. The molecule has 1 aliphatic heterocycles. The van der Waals surface area contributed by atoms with Crippen LogP contribution in [-0.4, -0.2) is 73.3 Å². The first-order valence-corrected chi connectivity index (χ1v) is 5.98. The Kier molecular flexibility index (Phi) is 3.87. The second kappa shape index (κ2) is 5.40. The van der Waals surface area contributed by atoms with E-state index in [1.165, 1.54) is 4.80 Å². The molecule has 100 valence electrons. The second-order valence-electron chi connectivity index (χ2n) is 4.52. The highest BCUT2D eigenvalue weighted by Crippen LogP contribution is 2.08. The summed E-state index contributed by atoms with van der Waals surface area (Å²) in [5.41, 5.74) is 0. The summed E-state index contributed by atoms with van der Waals surface area (Å²) in [5, 5.41) is 20.8. The van der Waals surface area contributed by atoms with Gasteiger partial charge in [-0.2, -0.15) is 4.80 Å². The van der Waals surface area contributed by atoms with E-state index >= 15 is 0 Å². The summed E-state index contributed by atoms with van der Waals surface area (Å²) in [6.07, 6.45) is 0. The average molecular weight is 254 g/mol. The monoisotopic (exact) mass is 254 g/mol. The summed E-state index contributed by atoms with van der Waals surface area (Å²) >= 11 is 0. The number of tetrazole rings is 1. The van der Waals surface area contributed by atoms with Crippen LogP contribution in [0.5, 0.6) is 0 Å². The van der Waals surface area contributed by atoms with Gasteiger partial charge < -0.3 is 5.11 Å². The van der Waals surface area contributed by atoms with E-state index in [9.17, 15) is 4.79 Å². The third-order valence-electron chi connectivity index (χ3n) is 3.23. The van der Waals surface area contributed by atoms with Gasteiger partial charge in [-0.25, -0.2) is 0 Å². The lowest BCUT2D eigenvalue weighted by Gasteiger charge is -2.35. The van der Waals surface area contributed by atoms with Crippen LogP contribution in [0.1, 0.15) is 12.7 Å². The Bertz CT molecular complexity index is 412. The van der Waals surface area contributed by atoms with E-state index in [0.29, 0.717) is 12.4 Å². The van der Waals surface area contributed by atoms with Crippen LogP contribution < -0.4 is 0 Å². The predicted molar refractivity (Wildman–Crippen MR) is 62.7 cm³/mol. The zero-order valence-corrected chi connectivity index (χ0v) is 10.7. The summed E-state index contributed by atoms with van der Waals surface area (Å²) in [5.74, 6) is -0.0590. The number of rotatable bonds is 4. The molecule has 1 fully saturated rings. The highest BCUT2D eigenvalue weighted by molar-refractivity contribution is 5.72. The minimum Gasteiger partial charge on any atom is -0.480 e. The van der Waals surface area contributed by atoms with Gasteiger partial charge in [0.25, 0.3) is 0 Å². The smallest absolute Gasteiger partial charge is 0.320 e. The van der Waals surface area contributed by atoms with Crippen molar-refractivity contribution in [3.8, 4) is 0 Å². The molecule has 1 saturated heterocycles. The maximum absolute atomic E-state index is 10.9. The lowest BCUT2D eigenvalue weighted by Crippen LogP contribution is -2.51. The van der Waals surface area contributed by atoms with Crippen molar-refractivity contribution in [1.29, 1.82) is 0 Å². The fraction of sp³-hybridized carbons (Fsp3) is 0.800. The van der Waals surface area contributed by atoms with Gasteiger partial charge in [0.1, 0.15) is 6.04 Å². The standard InChI is InChI=1S/C10H18N6O2/c1-8(10(17)18)16-5-3-15(4-6-16)7-9-11-13-14(2)12-9/h8H,3-7H2,1-2H3,(H,17,18). The molecule has 2 heterocycles. The first-order chi connectivity index (χ1) is 8.56. The summed E-state index contributed by atoms with van der Waals surface area (Å²) in [6, 6.07) is -0.415. The van der Waals surface area contributed by atoms with E-state index in [-0.39, 0.29) is 0 Å². The highest BCUT2D eigenvalue weighted by Gasteiger charge is 2.25. The van der Waals surface area contributed by atoms with E-state index < -0.39 is 12.0 Å². The van der Waals surface area contributed by atoms with Gasteiger partial charge in [0.2, 0.25) is 0 Å². The summed E-state index contributed by atoms with van der Waals surface area (Å²) < 4.78 is 0. The number of nitrogens with zero attached hydrogens (tertiary/aromatic N) is 6. The van der Waals surface area contributed by atoms with Crippen molar-refractivity contribution in [2.24, 2.45) is 7.05 Å². The van der Waals surface area contributed by atoms with Crippen molar-refractivity contribution in [2.45, 2.75) is 19.5 Å². The largest absolute Gasteiger partial charge is 0.480 e. The van der Waals surface area contributed by atoms with Crippen LogP contribution >= 0.6 is 0 Å². The number of carboxylic acid groups (broad SMARTS) is 1. The van der Waals surface area contributed by atoms with Crippen LogP contribution in [0.4, 0.5) is 0 Å². The fourth-order valence-electron chi connectivity index (χ4n) is 2.05. The number of aromatic nitrogens is 4. The zero-order valence-electron chi connectivity index (χ0n) is 10.7. The lowest BCUT2D eigenvalue weighted by molar-refractivity contribution is -0.143. The molecule has 0 aliphatic carbocycles. The molecule has 1 unspecified atom stereocenters. The number of carboxylic acids is 1. The van der Waals surface area contributed by atoms with Crippen LogP contribution in [0, 0.1) is 0 Å². The molecular weight excluding hydrogens is 236 g/mol. The van der Waals surface area contributed by atoms with Crippen molar-refractivity contribution < 1.29 is 9.90 Å². The lowest BCUT2D eigenvalue weighted by atomic mass is 10.2. The zero-order chi connectivity index (χ0) is 13.1. The van der Waals surface area contributed by atoms with Crippen molar-refractivity contribution in [3.63, 3.8) is 0 Å². The van der Waals surface area contributed by atoms with Gasteiger partial charge in [-0.3, -0.25) is 14.6 Å². The van der Waals surface area contributed by atoms with Crippen LogP contribution in [0.3, 0.4) is 0 Å². The Morgan fingerprint density at radius 2 is 2.06 bits per heavy atom. The molecule has 0 radical (unpaired) electrons. The molecular formula is C10H18N6O2. The van der Waals surface area contributed by atoms with E-state index in [2.05, 4.69) is 20.3 Å².